The number of methoxy groups -OCH3 is 1. The SMILES string of the molecule is CC=C(C(=O)OC)N(C(=O)OC(C)(C)C)C(=O)OC(C)(C)C. The van der Waals surface area contributed by atoms with Crippen molar-refractivity contribution in [3.05, 3.63) is 11.8 Å². The highest BCUT2D eigenvalue weighted by molar-refractivity contribution is 6.01. The average molecular weight is 315 g/mol. The second-order valence-electron chi connectivity index (χ2n) is 6.46. The number of carbonyl (C=O) groups excluding carboxylic acids is 3. The molecular formula is C15H25NO6. The first kappa shape index (κ1) is 19.9. The highest BCUT2D eigenvalue weighted by Crippen LogP contribution is 2.19. The number of allylic oxidation sites excluding steroid dienone is 1. The van der Waals surface area contributed by atoms with Crippen molar-refractivity contribution in [2.75, 3.05) is 7.11 Å². The fourth-order valence-corrected chi connectivity index (χ4v) is 1.33. The van der Waals surface area contributed by atoms with E-state index in [0.717, 1.165) is 7.11 Å². The van der Waals surface area contributed by atoms with Gasteiger partial charge in [-0.25, -0.2) is 14.4 Å². The van der Waals surface area contributed by atoms with E-state index in [1.165, 1.54) is 13.0 Å². The predicted octanol–water partition coefficient (Wildman–Crippen LogP) is 3.24. The number of imide groups is 1. The lowest BCUT2D eigenvalue weighted by atomic mass is 10.2. The topological polar surface area (TPSA) is 82.1 Å². The standard InChI is InChI=1S/C15H25NO6/c1-9-10(11(17)20-8)16(12(18)21-14(2,3)4)13(19)22-15(5,6)7/h9H,1-8H3. The number of ether oxygens (including phenoxy) is 3. The molecule has 0 saturated heterocycles. The minimum Gasteiger partial charge on any atom is -0.464 e. The van der Waals surface area contributed by atoms with Crippen molar-refractivity contribution in [1.82, 2.24) is 4.90 Å². The van der Waals surface area contributed by atoms with E-state index in [2.05, 4.69) is 4.74 Å². The van der Waals surface area contributed by atoms with Crippen LogP contribution in [0.25, 0.3) is 0 Å². The molecule has 126 valence electrons. The van der Waals surface area contributed by atoms with Gasteiger partial charge < -0.3 is 14.2 Å². The summed E-state index contributed by atoms with van der Waals surface area (Å²) in [6.07, 6.45) is -0.750. The van der Waals surface area contributed by atoms with Gasteiger partial charge in [-0.15, -0.1) is 0 Å². The molecule has 0 aromatic rings. The van der Waals surface area contributed by atoms with E-state index in [1.54, 1.807) is 41.5 Å². The number of esters is 1. The second kappa shape index (κ2) is 7.29. The maximum atomic E-state index is 12.3. The third-order valence-electron chi connectivity index (χ3n) is 2.06. The molecule has 0 saturated carbocycles. The van der Waals surface area contributed by atoms with Crippen LogP contribution >= 0.6 is 0 Å². The largest absolute Gasteiger partial charge is 0.464 e. The van der Waals surface area contributed by atoms with E-state index < -0.39 is 29.4 Å². The van der Waals surface area contributed by atoms with Gasteiger partial charge in [0, 0.05) is 0 Å². The molecule has 0 radical (unpaired) electrons. The van der Waals surface area contributed by atoms with Gasteiger partial charge in [-0.1, -0.05) is 6.08 Å². The first-order valence-corrected chi connectivity index (χ1v) is 6.83. The Morgan fingerprint density at radius 3 is 1.45 bits per heavy atom. The quantitative estimate of drug-likeness (QED) is 0.442. The lowest BCUT2D eigenvalue weighted by Crippen LogP contribution is -2.44. The minimum atomic E-state index is -1.01. The van der Waals surface area contributed by atoms with Gasteiger partial charge in [-0.05, 0) is 48.5 Å². The maximum Gasteiger partial charge on any atom is 0.424 e. The summed E-state index contributed by atoms with van der Waals surface area (Å²) in [7, 11) is 1.15. The molecule has 0 N–H and O–H groups in total. The van der Waals surface area contributed by atoms with Crippen LogP contribution in [0, 0.1) is 0 Å². The molecule has 0 spiro atoms. The van der Waals surface area contributed by atoms with Crippen molar-refractivity contribution >= 4 is 18.2 Å². The van der Waals surface area contributed by atoms with Crippen molar-refractivity contribution in [2.24, 2.45) is 0 Å². The predicted molar refractivity (Wildman–Crippen MR) is 80.1 cm³/mol. The summed E-state index contributed by atoms with van der Waals surface area (Å²) in [6, 6.07) is 0. The van der Waals surface area contributed by atoms with Crippen molar-refractivity contribution in [3.63, 3.8) is 0 Å². The highest BCUT2D eigenvalue weighted by atomic mass is 16.6. The van der Waals surface area contributed by atoms with Crippen LogP contribution in [0.3, 0.4) is 0 Å². The molecule has 0 rings (SSSR count). The Morgan fingerprint density at radius 2 is 1.23 bits per heavy atom. The normalized spacial score (nSPS) is 12.5. The number of carbonyl (C=O) groups is 3. The molecule has 0 unspecified atom stereocenters. The zero-order valence-corrected chi connectivity index (χ0v) is 14.5. The maximum absolute atomic E-state index is 12.3. The lowest BCUT2D eigenvalue weighted by molar-refractivity contribution is -0.138. The molecule has 0 heterocycles. The summed E-state index contributed by atoms with van der Waals surface area (Å²) in [6.45, 7) is 11.4. The monoisotopic (exact) mass is 315 g/mol. The van der Waals surface area contributed by atoms with Crippen molar-refractivity contribution in [2.45, 2.75) is 59.7 Å². The van der Waals surface area contributed by atoms with Crippen molar-refractivity contribution < 1.29 is 28.6 Å². The number of hydrogen-bond donors (Lipinski definition) is 0. The molecule has 0 fully saturated rings. The highest BCUT2D eigenvalue weighted by Gasteiger charge is 2.36. The van der Waals surface area contributed by atoms with Crippen LogP contribution < -0.4 is 0 Å². The van der Waals surface area contributed by atoms with E-state index in [4.69, 9.17) is 9.47 Å². The Bertz CT molecular complexity index is 439. The Morgan fingerprint density at radius 1 is 0.864 bits per heavy atom. The fraction of sp³-hybridized carbons (Fsp3) is 0.667. The lowest BCUT2D eigenvalue weighted by Gasteiger charge is -2.28. The molecule has 22 heavy (non-hydrogen) atoms. The first-order valence-electron chi connectivity index (χ1n) is 6.83. The van der Waals surface area contributed by atoms with Crippen molar-refractivity contribution in [1.29, 1.82) is 0 Å². The molecule has 0 aromatic carbocycles. The van der Waals surface area contributed by atoms with E-state index >= 15 is 0 Å². The van der Waals surface area contributed by atoms with Crippen LogP contribution in [0.15, 0.2) is 11.8 Å². The Labute approximate surface area is 131 Å². The molecule has 0 aliphatic carbocycles. The number of amides is 2. The van der Waals surface area contributed by atoms with Crippen LogP contribution in [-0.2, 0) is 19.0 Å². The molecule has 7 heteroatoms. The third-order valence-corrected chi connectivity index (χ3v) is 2.06. The molecule has 0 aliphatic heterocycles. The molecule has 0 aromatic heterocycles. The smallest absolute Gasteiger partial charge is 0.424 e. The summed E-state index contributed by atoms with van der Waals surface area (Å²) in [4.78, 5) is 36.8. The zero-order chi connectivity index (χ0) is 17.7. The minimum absolute atomic E-state index is 0.272. The summed E-state index contributed by atoms with van der Waals surface area (Å²) in [5.41, 5.74) is -1.95. The first-order chi connectivity index (χ1) is 9.82. The summed E-state index contributed by atoms with van der Waals surface area (Å²) < 4.78 is 14.9. The number of nitrogens with zero attached hydrogens (tertiary/aromatic N) is 1. The fourth-order valence-electron chi connectivity index (χ4n) is 1.33. The van der Waals surface area contributed by atoms with E-state index in [9.17, 15) is 14.4 Å². The van der Waals surface area contributed by atoms with E-state index in [0.29, 0.717) is 4.90 Å². The molecule has 0 bridgehead atoms. The van der Waals surface area contributed by atoms with Crippen LogP contribution in [0.4, 0.5) is 9.59 Å². The average Bonchev–Trinajstić information content (AvgIpc) is 2.29. The third kappa shape index (κ3) is 6.60. The van der Waals surface area contributed by atoms with Gasteiger partial charge in [0.05, 0.1) is 7.11 Å². The Hall–Kier alpha value is -2.05. The molecule has 7 nitrogen and oxygen atoms in total. The van der Waals surface area contributed by atoms with Crippen molar-refractivity contribution in [3.8, 4) is 0 Å². The van der Waals surface area contributed by atoms with Gasteiger partial charge in [0.1, 0.15) is 16.9 Å². The van der Waals surface area contributed by atoms with Gasteiger partial charge >= 0.3 is 18.2 Å². The van der Waals surface area contributed by atoms with Gasteiger partial charge in [0.25, 0.3) is 0 Å². The molecule has 0 aliphatic rings. The zero-order valence-electron chi connectivity index (χ0n) is 14.5. The van der Waals surface area contributed by atoms with Crippen LogP contribution in [0.1, 0.15) is 48.5 Å². The van der Waals surface area contributed by atoms with Crippen LogP contribution in [0.2, 0.25) is 0 Å². The van der Waals surface area contributed by atoms with Crippen LogP contribution in [-0.4, -0.2) is 41.4 Å². The Kier molecular flexibility index (Phi) is 6.61. The van der Waals surface area contributed by atoms with Gasteiger partial charge in [-0.3, -0.25) is 0 Å². The van der Waals surface area contributed by atoms with Gasteiger partial charge in [0.2, 0.25) is 0 Å². The van der Waals surface area contributed by atoms with Gasteiger partial charge in [-0.2, -0.15) is 4.90 Å². The molecule has 2 amide bonds. The van der Waals surface area contributed by atoms with E-state index in [1.807, 2.05) is 0 Å². The van der Waals surface area contributed by atoms with E-state index in [-0.39, 0.29) is 5.70 Å². The van der Waals surface area contributed by atoms with Gasteiger partial charge in [0.15, 0.2) is 0 Å². The Balaban J connectivity index is 5.63. The number of rotatable bonds is 2. The van der Waals surface area contributed by atoms with Crippen LogP contribution in [0.5, 0.6) is 0 Å². The molecular weight excluding hydrogens is 290 g/mol. The summed E-state index contributed by atoms with van der Waals surface area (Å²) >= 11 is 0. The summed E-state index contributed by atoms with van der Waals surface area (Å²) in [5.74, 6) is -0.848. The second-order valence-corrected chi connectivity index (χ2v) is 6.46. The summed E-state index contributed by atoms with van der Waals surface area (Å²) in [5, 5.41) is 0. The molecule has 0 atom stereocenters. The number of hydrogen-bond acceptors (Lipinski definition) is 6.